The Kier molecular flexibility index (Phi) is 7.83. The van der Waals surface area contributed by atoms with Crippen LogP contribution in [0.4, 0.5) is 0 Å². The minimum atomic E-state index is -0.151. The van der Waals surface area contributed by atoms with Gasteiger partial charge in [0, 0.05) is 36.9 Å². The highest BCUT2D eigenvalue weighted by molar-refractivity contribution is 8.00. The first-order chi connectivity index (χ1) is 16.1. The van der Waals surface area contributed by atoms with Crippen molar-refractivity contribution in [3.8, 4) is 5.69 Å². The van der Waals surface area contributed by atoms with Crippen molar-refractivity contribution in [3.05, 3.63) is 78.1 Å². The van der Waals surface area contributed by atoms with Crippen LogP contribution in [0.1, 0.15) is 48.0 Å². The molecule has 1 aliphatic carbocycles. The normalized spacial score (nSPS) is 14.1. The quantitative estimate of drug-likeness (QED) is 0.494. The predicted octanol–water partition coefficient (Wildman–Crippen LogP) is 4.69. The monoisotopic (exact) mass is 462 g/mol. The Labute approximate surface area is 199 Å². The van der Waals surface area contributed by atoms with Gasteiger partial charge in [-0.05, 0) is 42.7 Å². The lowest BCUT2D eigenvalue weighted by atomic mass is 9.94. The van der Waals surface area contributed by atoms with Gasteiger partial charge in [-0.1, -0.05) is 49.6 Å². The Morgan fingerprint density at radius 3 is 2.61 bits per heavy atom. The van der Waals surface area contributed by atoms with Crippen molar-refractivity contribution in [2.75, 3.05) is 12.8 Å². The smallest absolute Gasteiger partial charge is 0.252 e. The Bertz CT molecular complexity index is 1080. The number of para-hydroxylation sites is 1. The van der Waals surface area contributed by atoms with Gasteiger partial charge in [0.05, 0.1) is 17.0 Å². The van der Waals surface area contributed by atoms with Crippen LogP contribution >= 0.6 is 11.8 Å². The second kappa shape index (κ2) is 11.2. The second-order valence-corrected chi connectivity index (χ2v) is 9.36. The van der Waals surface area contributed by atoms with Gasteiger partial charge in [0.25, 0.3) is 5.91 Å². The molecule has 1 N–H and O–H groups in total. The van der Waals surface area contributed by atoms with E-state index in [1.807, 2.05) is 72.7 Å². The number of aromatic nitrogens is 2. The van der Waals surface area contributed by atoms with E-state index in [1.54, 1.807) is 10.9 Å². The first kappa shape index (κ1) is 23.1. The van der Waals surface area contributed by atoms with E-state index in [0.29, 0.717) is 23.9 Å². The van der Waals surface area contributed by atoms with Gasteiger partial charge >= 0.3 is 0 Å². The zero-order valence-corrected chi connectivity index (χ0v) is 19.8. The van der Waals surface area contributed by atoms with Crippen molar-refractivity contribution in [3.63, 3.8) is 0 Å². The maximum absolute atomic E-state index is 13.0. The van der Waals surface area contributed by atoms with Gasteiger partial charge in [0.1, 0.15) is 0 Å². The number of hydrogen-bond acceptors (Lipinski definition) is 4. The van der Waals surface area contributed by atoms with Crippen LogP contribution in [0.5, 0.6) is 0 Å². The predicted molar refractivity (Wildman–Crippen MR) is 132 cm³/mol. The summed E-state index contributed by atoms with van der Waals surface area (Å²) >= 11 is 1.43. The molecule has 0 unspecified atom stereocenters. The van der Waals surface area contributed by atoms with Gasteiger partial charge < -0.3 is 10.2 Å². The van der Waals surface area contributed by atoms with Crippen LogP contribution in [0, 0.1) is 0 Å². The molecular weight excluding hydrogens is 432 g/mol. The van der Waals surface area contributed by atoms with Gasteiger partial charge in [-0.3, -0.25) is 9.59 Å². The molecule has 0 bridgehead atoms. The topological polar surface area (TPSA) is 67.2 Å². The Morgan fingerprint density at radius 2 is 1.82 bits per heavy atom. The van der Waals surface area contributed by atoms with E-state index in [-0.39, 0.29) is 11.8 Å². The van der Waals surface area contributed by atoms with E-state index in [1.165, 1.54) is 31.0 Å². The number of rotatable bonds is 8. The second-order valence-electron chi connectivity index (χ2n) is 8.34. The average molecular weight is 463 g/mol. The molecule has 1 heterocycles. The number of amides is 2. The molecule has 0 spiro atoms. The number of thioether (sulfide) groups is 1. The van der Waals surface area contributed by atoms with Crippen molar-refractivity contribution in [1.29, 1.82) is 0 Å². The minimum Gasteiger partial charge on any atom is -0.348 e. The zero-order chi connectivity index (χ0) is 23.0. The number of carbonyl (C=O) groups is 2. The molecular formula is C26H30N4O2S. The van der Waals surface area contributed by atoms with E-state index in [0.717, 1.165) is 29.0 Å². The molecule has 1 aromatic heterocycles. The first-order valence-corrected chi connectivity index (χ1v) is 12.5. The number of benzene rings is 2. The maximum atomic E-state index is 13.0. The third kappa shape index (κ3) is 5.85. The fourth-order valence-electron chi connectivity index (χ4n) is 4.26. The molecule has 7 heteroatoms. The molecule has 172 valence electrons. The van der Waals surface area contributed by atoms with E-state index in [9.17, 15) is 9.59 Å². The van der Waals surface area contributed by atoms with Gasteiger partial charge in [0.15, 0.2) is 0 Å². The van der Waals surface area contributed by atoms with E-state index >= 15 is 0 Å². The lowest BCUT2D eigenvalue weighted by Gasteiger charge is -2.31. The van der Waals surface area contributed by atoms with Crippen LogP contribution in [-0.4, -0.2) is 45.3 Å². The number of hydrogen-bond donors (Lipinski definition) is 1. The van der Waals surface area contributed by atoms with Gasteiger partial charge in [0.2, 0.25) is 5.91 Å². The molecule has 0 aliphatic heterocycles. The Balaban J connectivity index is 1.38. The summed E-state index contributed by atoms with van der Waals surface area (Å²) in [7, 11) is 1.91. The molecule has 33 heavy (non-hydrogen) atoms. The maximum Gasteiger partial charge on any atom is 0.252 e. The van der Waals surface area contributed by atoms with Crippen molar-refractivity contribution < 1.29 is 9.59 Å². The molecule has 0 saturated heterocycles. The molecule has 0 atom stereocenters. The highest BCUT2D eigenvalue weighted by Crippen LogP contribution is 2.26. The fourth-order valence-corrected chi connectivity index (χ4v) is 5.23. The molecule has 1 fully saturated rings. The number of nitrogens with zero attached hydrogens (tertiary/aromatic N) is 3. The molecule has 0 radical (unpaired) electrons. The summed E-state index contributed by atoms with van der Waals surface area (Å²) in [6.07, 6.45) is 9.45. The molecule has 3 aromatic rings. The standard InChI is InChI=1S/C26H30N4O2S/c1-29(21-11-3-2-4-12-21)25(31)19-33-24-15-8-6-13-22(24)26(32)27-18-20-10-5-7-14-23(20)30-17-9-16-28-30/h5-10,13-17,21H,2-4,11-12,18-19H2,1H3,(H,27,32). The molecule has 4 rings (SSSR count). The first-order valence-electron chi connectivity index (χ1n) is 11.5. The summed E-state index contributed by atoms with van der Waals surface area (Å²) in [5.41, 5.74) is 2.50. The van der Waals surface area contributed by atoms with Crippen molar-refractivity contribution in [2.45, 2.75) is 49.6 Å². The highest BCUT2D eigenvalue weighted by atomic mass is 32.2. The summed E-state index contributed by atoms with van der Waals surface area (Å²) in [4.78, 5) is 28.5. The van der Waals surface area contributed by atoms with Crippen LogP contribution in [0.3, 0.4) is 0 Å². The lowest BCUT2D eigenvalue weighted by Crippen LogP contribution is -2.39. The summed E-state index contributed by atoms with van der Waals surface area (Å²) in [5.74, 6) is 0.302. The van der Waals surface area contributed by atoms with Crippen molar-refractivity contribution >= 4 is 23.6 Å². The average Bonchev–Trinajstić information content (AvgIpc) is 3.41. The largest absolute Gasteiger partial charge is 0.348 e. The molecule has 6 nitrogen and oxygen atoms in total. The zero-order valence-electron chi connectivity index (χ0n) is 18.9. The van der Waals surface area contributed by atoms with Crippen LogP contribution in [0.2, 0.25) is 0 Å². The molecule has 1 saturated carbocycles. The summed E-state index contributed by atoms with van der Waals surface area (Å²) in [5, 5.41) is 7.33. The van der Waals surface area contributed by atoms with Crippen LogP contribution < -0.4 is 5.32 Å². The van der Waals surface area contributed by atoms with Gasteiger partial charge in [-0.15, -0.1) is 11.8 Å². The van der Waals surface area contributed by atoms with E-state index in [4.69, 9.17) is 0 Å². The Hall–Kier alpha value is -3.06. The van der Waals surface area contributed by atoms with Crippen LogP contribution in [-0.2, 0) is 11.3 Å². The van der Waals surface area contributed by atoms with Crippen LogP contribution in [0.15, 0.2) is 71.9 Å². The number of nitrogens with one attached hydrogen (secondary N) is 1. The van der Waals surface area contributed by atoms with Gasteiger partial charge in [-0.2, -0.15) is 5.10 Å². The van der Waals surface area contributed by atoms with Gasteiger partial charge in [-0.25, -0.2) is 4.68 Å². The Morgan fingerprint density at radius 1 is 1.06 bits per heavy atom. The summed E-state index contributed by atoms with van der Waals surface area (Å²) in [6.45, 7) is 0.386. The SMILES string of the molecule is CN(C(=O)CSc1ccccc1C(=O)NCc1ccccc1-n1cccn1)C1CCCCC1. The lowest BCUT2D eigenvalue weighted by molar-refractivity contribution is -0.129. The number of carbonyl (C=O) groups excluding carboxylic acids is 2. The van der Waals surface area contributed by atoms with Crippen molar-refractivity contribution in [1.82, 2.24) is 20.0 Å². The van der Waals surface area contributed by atoms with E-state index in [2.05, 4.69) is 10.4 Å². The third-order valence-corrected chi connectivity index (χ3v) is 7.24. The van der Waals surface area contributed by atoms with Crippen molar-refractivity contribution in [2.24, 2.45) is 0 Å². The summed E-state index contributed by atoms with van der Waals surface area (Å²) in [6, 6.07) is 17.6. The van der Waals surface area contributed by atoms with Crippen LogP contribution in [0.25, 0.3) is 5.69 Å². The molecule has 2 aromatic carbocycles. The highest BCUT2D eigenvalue weighted by Gasteiger charge is 2.22. The fraction of sp³-hybridized carbons (Fsp3) is 0.346. The molecule has 1 aliphatic rings. The van der Waals surface area contributed by atoms with E-state index < -0.39 is 0 Å². The summed E-state index contributed by atoms with van der Waals surface area (Å²) < 4.78 is 1.79. The minimum absolute atomic E-state index is 0.121. The molecule has 2 amide bonds. The third-order valence-electron chi connectivity index (χ3n) is 6.18.